The first-order chi connectivity index (χ1) is 18.4. The number of carbonyl (C=O) groups excluding carboxylic acids is 2. The van der Waals surface area contributed by atoms with Gasteiger partial charge in [0.05, 0.1) is 11.1 Å². The Bertz CT molecular complexity index is 1510. The fourth-order valence-electron chi connectivity index (χ4n) is 4.48. The first-order valence-corrected chi connectivity index (χ1v) is 12.6. The topological polar surface area (TPSA) is 52.6 Å². The highest BCUT2D eigenvalue weighted by Gasteiger charge is 2.23. The van der Waals surface area contributed by atoms with E-state index in [1.54, 1.807) is 42.5 Å². The number of ether oxygens (including phenoxy) is 2. The first-order valence-electron chi connectivity index (χ1n) is 12.6. The van der Waals surface area contributed by atoms with Gasteiger partial charge in [-0.15, -0.1) is 0 Å². The Morgan fingerprint density at radius 3 is 1.97 bits per heavy atom. The quantitative estimate of drug-likeness (QED) is 0.200. The minimum Gasteiger partial charge on any atom is -0.423 e. The summed E-state index contributed by atoms with van der Waals surface area (Å²) in [7, 11) is 0. The summed E-state index contributed by atoms with van der Waals surface area (Å²) in [5, 5.41) is 0. The van der Waals surface area contributed by atoms with Crippen LogP contribution in [0.15, 0.2) is 121 Å². The molecule has 0 N–H and O–H groups in total. The third-order valence-electron chi connectivity index (χ3n) is 6.82. The first kappa shape index (κ1) is 25.0. The summed E-state index contributed by atoms with van der Waals surface area (Å²) in [4.78, 5) is 25.4. The largest absolute Gasteiger partial charge is 0.423 e. The van der Waals surface area contributed by atoms with Crippen molar-refractivity contribution in [1.29, 1.82) is 0 Å². The van der Waals surface area contributed by atoms with Crippen LogP contribution < -0.4 is 9.47 Å². The molecule has 4 nitrogen and oxygen atoms in total. The van der Waals surface area contributed by atoms with E-state index < -0.39 is 11.9 Å². The number of esters is 2. The summed E-state index contributed by atoms with van der Waals surface area (Å²) < 4.78 is 11.2. The molecule has 0 saturated heterocycles. The molecule has 4 heteroatoms. The zero-order valence-electron chi connectivity index (χ0n) is 21.4. The Balaban J connectivity index is 1.22. The zero-order chi connectivity index (χ0) is 26.5. The molecule has 1 aliphatic rings. The lowest BCUT2D eigenvalue weighted by atomic mass is 9.77. The maximum Gasteiger partial charge on any atom is 0.343 e. The number of aryl methyl sites for hydroxylation is 1. The number of carbonyl (C=O) groups is 2. The van der Waals surface area contributed by atoms with E-state index in [-0.39, 0.29) is 5.41 Å². The summed E-state index contributed by atoms with van der Waals surface area (Å²) in [5.41, 5.74) is 4.79. The van der Waals surface area contributed by atoms with Gasteiger partial charge in [-0.25, -0.2) is 9.59 Å². The number of rotatable bonds is 6. The molecule has 1 aliphatic carbocycles. The third kappa shape index (κ3) is 5.50. The van der Waals surface area contributed by atoms with Crippen LogP contribution in [0.2, 0.25) is 0 Å². The van der Waals surface area contributed by atoms with E-state index in [2.05, 4.69) is 25.2 Å². The summed E-state index contributed by atoms with van der Waals surface area (Å²) >= 11 is 0. The van der Waals surface area contributed by atoms with E-state index in [1.165, 1.54) is 0 Å². The van der Waals surface area contributed by atoms with Crippen LogP contribution >= 0.6 is 0 Å². The Kier molecular flexibility index (Phi) is 7.05. The second-order valence-corrected chi connectivity index (χ2v) is 9.64. The van der Waals surface area contributed by atoms with E-state index >= 15 is 0 Å². The monoisotopic (exact) mass is 500 g/mol. The number of benzene rings is 4. The maximum atomic E-state index is 12.8. The molecule has 4 aromatic rings. The lowest BCUT2D eigenvalue weighted by Crippen LogP contribution is -2.19. The predicted molar refractivity (Wildman–Crippen MR) is 150 cm³/mol. The van der Waals surface area contributed by atoms with Crippen molar-refractivity contribution in [3.05, 3.63) is 144 Å². The van der Waals surface area contributed by atoms with Crippen molar-refractivity contribution in [2.24, 2.45) is 0 Å². The van der Waals surface area contributed by atoms with Gasteiger partial charge in [-0.05, 0) is 78.1 Å². The lowest BCUT2D eigenvalue weighted by Gasteiger charge is -2.27. The molecule has 38 heavy (non-hydrogen) atoms. The molecule has 1 unspecified atom stereocenters. The van der Waals surface area contributed by atoms with E-state index in [4.69, 9.17) is 9.47 Å². The van der Waals surface area contributed by atoms with Crippen LogP contribution in [0.3, 0.4) is 0 Å². The summed E-state index contributed by atoms with van der Waals surface area (Å²) in [6.07, 6.45) is 9.34. The van der Waals surface area contributed by atoms with Crippen LogP contribution in [0.5, 0.6) is 11.5 Å². The van der Waals surface area contributed by atoms with Gasteiger partial charge in [0.15, 0.2) is 0 Å². The second-order valence-electron chi connectivity index (χ2n) is 9.64. The molecular formula is C34H28O4. The van der Waals surface area contributed by atoms with Gasteiger partial charge in [0.2, 0.25) is 0 Å². The minimum absolute atomic E-state index is 0.0784. The van der Waals surface area contributed by atoms with Crippen molar-refractivity contribution in [2.45, 2.75) is 25.7 Å². The molecule has 1 atom stereocenters. The van der Waals surface area contributed by atoms with Crippen molar-refractivity contribution < 1.29 is 19.1 Å². The van der Waals surface area contributed by atoms with E-state index in [1.807, 2.05) is 67.6 Å². The Morgan fingerprint density at radius 2 is 1.34 bits per heavy atom. The molecule has 0 bridgehead atoms. The van der Waals surface area contributed by atoms with Crippen molar-refractivity contribution in [3.63, 3.8) is 0 Å². The Labute approximate surface area is 222 Å². The van der Waals surface area contributed by atoms with E-state index in [9.17, 15) is 9.59 Å². The van der Waals surface area contributed by atoms with Gasteiger partial charge in [-0.3, -0.25) is 0 Å². The van der Waals surface area contributed by atoms with E-state index in [0.29, 0.717) is 28.2 Å². The van der Waals surface area contributed by atoms with Crippen LogP contribution in [0.25, 0.3) is 11.1 Å². The van der Waals surface area contributed by atoms with Crippen LogP contribution in [0, 0.1) is 6.92 Å². The summed E-state index contributed by atoms with van der Waals surface area (Å²) in [5.74, 6) is -0.0944. The highest BCUT2D eigenvalue weighted by Crippen LogP contribution is 2.32. The molecule has 0 heterocycles. The lowest BCUT2D eigenvalue weighted by molar-refractivity contribution is 0.0718. The molecule has 5 rings (SSSR count). The van der Waals surface area contributed by atoms with Gasteiger partial charge in [-0.1, -0.05) is 85.8 Å². The number of hydrogen-bond acceptors (Lipinski definition) is 4. The van der Waals surface area contributed by atoms with Crippen LogP contribution in [0.1, 0.15) is 45.2 Å². The van der Waals surface area contributed by atoms with Gasteiger partial charge in [0, 0.05) is 5.41 Å². The number of hydrogen-bond donors (Lipinski definition) is 0. The maximum absolute atomic E-state index is 12.8. The fraction of sp³-hybridized carbons (Fsp3) is 0.118. The third-order valence-corrected chi connectivity index (χ3v) is 6.82. The van der Waals surface area contributed by atoms with Gasteiger partial charge >= 0.3 is 11.9 Å². The highest BCUT2D eigenvalue weighted by atomic mass is 16.5. The van der Waals surface area contributed by atoms with E-state index in [0.717, 1.165) is 23.1 Å². The average Bonchev–Trinajstić information content (AvgIpc) is 2.95. The smallest absolute Gasteiger partial charge is 0.343 e. The van der Waals surface area contributed by atoms with Crippen molar-refractivity contribution in [1.82, 2.24) is 0 Å². The van der Waals surface area contributed by atoms with Gasteiger partial charge in [0.25, 0.3) is 0 Å². The molecule has 0 saturated carbocycles. The predicted octanol–water partition coefficient (Wildman–Crippen LogP) is 7.87. The van der Waals surface area contributed by atoms with Crippen LogP contribution in [0.4, 0.5) is 0 Å². The zero-order valence-corrected chi connectivity index (χ0v) is 21.4. The second kappa shape index (κ2) is 10.7. The Hall–Kier alpha value is -4.70. The molecule has 0 spiro atoms. The van der Waals surface area contributed by atoms with Gasteiger partial charge in [-0.2, -0.15) is 0 Å². The molecule has 0 fully saturated rings. The summed E-state index contributed by atoms with van der Waals surface area (Å²) in [6, 6.07) is 29.7. The molecule has 0 radical (unpaired) electrons. The summed E-state index contributed by atoms with van der Waals surface area (Å²) in [6.45, 7) is 3.99. The fourth-order valence-corrected chi connectivity index (χ4v) is 4.48. The molecule has 4 aromatic carbocycles. The molecule has 188 valence electrons. The Morgan fingerprint density at radius 1 is 0.711 bits per heavy atom. The SMILES string of the molecule is Cc1cc(OC(=O)c2ccc(-c3ccccc3)cc2)ccc1OC(=O)c1ccc(C2(C)C=CC=CC2)cc1. The van der Waals surface area contributed by atoms with Gasteiger partial charge < -0.3 is 9.47 Å². The molecule has 0 aliphatic heterocycles. The van der Waals surface area contributed by atoms with Crippen molar-refractivity contribution >= 4 is 11.9 Å². The van der Waals surface area contributed by atoms with Crippen molar-refractivity contribution in [3.8, 4) is 22.6 Å². The molecule has 0 amide bonds. The standard InChI is InChI=1S/C34H28O4/c1-24-23-30(37-32(35)27-13-11-26(12-14-27)25-9-5-3-6-10-25)19-20-31(24)38-33(36)28-15-17-29(18-16-28)34(2)21-7-4-8-22-34/h3-21,23H,22H2,1-2H3. The van der Waals surface area contributed by atoms with Crippen LogP contribution in [-0.2, 0) is 5.41 Å². The normalized spacial score (nSPS) is 16.2. The minimum atomic E-state index is -0.453. The number of allylic oxidation sites excluding steroid dienone is 4. The van der Waals surface area contributed by atoms with Crippen LogP contribution in [-0.4, -0.2) is 11.9 Å². The highest BCUT2D eigenvalue weighted by molar-refractivity contribution is 5.92. The van der Waals surface area contributed by atoms with Crippen molar-refractivity contribution in [2.75, 3.05) is 0 Å². The molecule has 0 aromatic heterocycles. The average molecular weight is 501 g/mol. The van der Waals surface area contributed by atoms with Gasteiger partial charge in [0.1, 0.15) is 11.5 Å². The molecular weight excluding hydrogens is 472 g/mol.